The minimum absolute atomic E-state index is 0.0362. The number of carbonyl (C=O) groups is 1. The molecule has 0 spiro atoms. The lowest BCUT2D eigenvalue weighted by Crippen LogP contribution is -2.46. The van der Waals surface area contributed by atoms with Crippen molar-refractivity contribution in [2.75, 3.05) is 26.0 Å². The summed E-state index contributed by atoms with van der Waals surface area (Å²) in [5, 5.41) is 6.05. The molecular weight excluding hydrogens is 333 g/mol. The molecule has 1 aliphatic rings. The second kappa shape index (κ2) is 8.23. The molecule has 26 heavy (non-hydrogen) atoms. The zero-order valence-electron chi connectivity index (χ0n) is 15.1. The van der Waals surface area contributed by atoms with Gasteiger partial charge in [0.1, 0.15) is 18.0 Å². The highest BCUT2D eigenvalue weighted by atomic mass is 19.1. The van der Waals surface area contributed by atoms with Gasteiger partial charge in [-0.3, -0.25) is 9.69 Å². The number of hydrogen-bond donors (Lipinski definition) is 2. The molecule has 0 radical (unpaired) electrons. The Bertz CT molecular complexity index is 763. The van der Waals surface area contributed by atoms with E-state index in [1.807, 2.05) is 25.1 Å². The number of nitrogens with zero attached hydrogens (tertiary/aromatic N) is 3. The molecule has 1 aromatic heterocycles. The fraction of sp³-hybridized carbons (Fsp3) is 0.421. The molecule has 1 amide bonds. The predicted octanol–water partition coefficient (Wildman–Crippen LogP) is 2.15. The van der Waals surface area contributed by atoms with E-state index < -0.39 is 0 Å². The largest absolute Gasteiger partial charge is 0.373 e. The first kappa shape index (κ1) is 18.3. The minimum atomic E-state index is -0.243. The lowest BCUT2D eigenvalue weighted by molar-refractivity contribution is -0.123. The lowest BCUT2D eigenvalue weighted by Gasteiger charge is -2.35. The van der Waals surface area contributed by atoms with Gasteiger partial charge in [0.2, 0.25) is 5.91 Å². The Kier molecular flexibility index (Phi) is 5.78. The summed E-state index contributed by atoms with van der Waals surface area (Å²) in [5.74, 6) is 0.877. The molecule has 1 fully saturated rings. The summed E-state index contributed by atoms with van der Waals surface area (Å²) in [4.78, 5) is 22.4. The topological polar surface area (TPSA) is 70.2 Å². The summed E-state index contributed by atoms with van der Waals surface area (Å²) in [5.41, 5.74) is 1.60. The van der Waals surface area contributed by atoms with Crippen LogP contribution in [-0.4, -0.2) is 47.5 Å². The SMILES string of the molecule is CNc1cc(C2CC(NC(=O)CN(C)Cc3ccccc3F)C2)ncn1. The van der Waals surface area contributed by atoms with Crippen molar-refractivity contribution in [2.45, 2.75) is 31.3 Å². The Morgan fingerprint density at radius 2 is 2.08 bits per heavy atom. The third kappa shape index (κ3) is 4.54. The first-order valence-corrected chi connectivity index (χ1v) is 8.76. The van der Waals surface area contributed by atoms with E-state index in [0.29, 0.717) is 18.0 Å². The molecule has 0 unspecified atom stereocenters. The molecule has 2 N–H and O–H groups in total. The van der Waals surface area contributed by atoms with Crippen LogP contribution in [-0.2, 0) is 11.3 Å². The summed E-state index contributed by atoms with van der Waals surface area (Å²) in [6, 6.07) is 8.75. The Morgan fingerprint density at radius 3 is 2.81 bits per heavy atom. The highest BCUT2D eigenvalue weighted by Gasteiger charge is 2.32. The second-order valence-electron chi connectivity index (χ2n) is 6.77. The van der Waals surface area contributed by atoms with Crippen LogP contribution in [0.5, 0.6) is 0 Å². The molecule has 1 heterocycles. The molecule has 3 rings (SSSR count). The zero-order chi connectivity index (χ0) is 18.5. The average molecular weight is 357 g/mol. The van der Waals surface area contributed by atoms with Crippen molar-refractivity contribution in [3.8, 4) is 0 Å². The second-order valence-corrected chi connectivity index (χ2v) is 6.77. The number of amides is 1. The smallest absolute Gasteiger partial charge is 0.234 e. The van der Waals surface area contributed by atoms with Crippen LogP contribution in [0.15, 0.2) is 36.7 Å². The summed E-state index contributed by atoms with van der Waals surface area (Å²) < 4.78 is 13.7. The molecule has 0 atom stereocenters. The van der Waals surface area contributed by atoms with Crippen LogP contribution in [0.3, 0.4) is 0 Å². The van der Waals surface area contributed by atoms with Crippen molar-refractivity contribution in [2.24, 2.45) is 0 Å². The van der Waals surface area contributed by atoms with Crippen molar-refractivity contribution >= 4 is 11.7 Å². The number of carbonyl (C=O) groups excluding carboxylic acids is 1. The van der Waals surface area contributed by atoms with Gasteiger partial charge in [0.25, 0.3) is 0 Å². The van der Waals surface area contributed by atoms with Crippen molar-refractivity contribution in [3.63, 3.8) is 0 Å². The first-order chi connectivity index (χ1) is 12.5. The van der Waals surface area contributed by atoms with Crippen molar-refractivity contribution in [3.05, 3.63) is 53.7 Å². The molecule has 1 aromatic carbocycles. The van der Waals surface area contributed by atoms with Crippen LogP contribution < -0.4 is 10.6 Å². The molecule has 2 aromatic rings. The van der Waals surface area contributed by atoms with Crippen molar-refractivity contribution in [1.82, 2.24) is 20.2 Å². The molecule has 0 aliphatic heterocycles. The van der Waals surface area contributed by atoms with Gasteiger partial charge in [-0.2, -0.15) is 0 Å². The van der Waals surface area contributed by atoms with E-state index in [9.17, 15) is 9.18 Å². The monoisotopic (exact) mass is 357 g/mol. The van der Waals surface area contributed by atoms with Gasteiger partial charge in [0, 0.05) is 42.9 Å². The maximum absolute atomic E-state index is 13.7. The number of hydrogen-bond acceptors (Lipinski definition) is 5. The van der Waals surface area contributed by atoms with Crippen LogP contribution in [0.1, 0.15) is 30.0 Å². The Labute approximate surface area is 152 Å². The third-order valence-corrected chi connectivity index (χ3v) is 4.68. The fourth-order valence-electron chi connectivity index (χ4n) is 3.20. The number of likely N-dealkylation sites (N-methyl/N-ethyl adjacent to an activating group) is 1. The van der Waals surface area contributed by atoms with Crippen LogP contribution in [0, 0.1) is 5.82 Å². The normalized spacial score (nSPS) is 19.1. The molecule has 1 aliphatic carbocycles. The van der Waals surface area contributed by atoms with E-state index in [0.717, 1.165) is 24.4 Å². The van der Waals surface area contributed by atoms with Gasteiger partial charge in [-0.25, -0.2) is 14.4 Å². The summed E-state index contributed by atoms with van der Waals surface area (Å²) in [6.07, 6.45) is 3.32. The maximum Gasteiger partial charge on any atom is 0.234 e. The fourth-order valence-corrected chi connectivity index (χ4v) is 3.20. The standard InChI is InChI=1S/C19H24FN5O/c1-21-18-9-17(22-12-23-18)14-7-15(8-14)24-19(26)11-25(2)10-13-5-3-4-6-16(13)20/h3-6,9,12,14-15H,7-8,10-11H2,1-2H3,(H,24,26)(H,21,22,23). The quantitative estimate of drug-likeness (QED) is 0.795. The van der Waals surface area contributed by atoms with Gasteiger partial charge in [0.15, 0.2) is 0 Å². The number of rotatable bonds is 7. The third-order valence-electron chi connectivity index (χ3n) is 4.68. The van der Waals surface area contributed by atoms with Crippen LogP contribution in [0.2, 0.25) is 0 Å². The van der Waals surface area contributed by atoms with Gasteiger partial charge in [0.05, 0.1) is 6.54 Å². The molecule has 1 saturated carbocycles. The number of nitrogens with one attached hydrogen (secondary N) is 2. The molecule has 0 saturated heterocycles. The Balaban J connectivity index is 1.43. The van der Waals surface area contributed by atoms with Crippen LogP contribution in [0.4, 0.5) is 10.2 Å². The molecule has 6 nitrogen and oxygen atoms in total. The van der Waals surface area contributed by atoms with E-state index >= 15 is 0 Å². The van der Waals surface area contributed by atoms with Gasteiger partial charge in [-0.05, 0) is 26.0 Å². The van der Waals surface area contributed by atoms with Gasteiger partial charge in [-0.1, -0.05) is 18.2 Å². The number of benzene rings is 1. The predicted molar refractivity (Wildman–Crippen MR) is 98.2 cm³/mol. The average Bonchev–Trinajstić information content (AvgIpc) is 2.59. The molecular formula is C19H24FN5O. The first-order valence-electron chi connectivity index (χ1n) is 8.76. The molecule has 138 valence electrons. The van der Waals surface area contributed by atoms with Crippen molar-refractivity contribution in [1.29, 1.82) is 0 Å². The summed E-state index contributed by atoms with van der Waals surface area (Å²) >= 11 is 0. The highest BCUT2D eigenvalue weighted by molar-refractivity contribution is 5.78. The Hall–Kier alpha value is -2.54. The number of anilines is 1. The zero-order valence-corrected chi connectivity index (χ0v) is 15.1. The van der Waals surface area contributed by atoms with Crippen LogP contribution >= 0.6 is 0 Å². The summed E-state index contributed by atoms with van der Waals surface area (Å²) in [7, 11) is 3.64. The lowest BCUT2D eigenvalue weighted by atomic mass is 9.78. The van der Waals surface area contributed by atoms with E-state index in [1.54, 1.807) is 24.5 Å². The minimum Gasteiger partial charge on any atom is -0.373 e. The van der Waals surface area contributed by atoms with E-state index in [4.69, 9.17) is 0 Å². The molecule has 7 heteroatoms. The Morgan fingerprint density at radius 1 is 1.31 bits per heavy atom. The van der Waals surface area contributed by atoms with Gasteiger partial charge in [-0.15, -0.1) is 0 Å². The van der Waals surface area contributed by atoms with E-state index in [2.05, 4.69) is 20.6 Å². The van der Waals surface area contributed by atoms with Gasteiger partial charge < -0.3 is 10.6 Å². The van der Waals surface area contributed by atoms with Gasteiger partial charge >= 0.3 is 0 Å². The van der Waals surface area contributed by atoms with E-state index in [1.165, 1.54) is 6.07 Å². The van der Waals surface area contributed by atoms with E-state index in [-0.39, 0.29) is 24.3 Å². The highest BCUT2D eigenvalue weighted by Crippen LogP contribution is 2.36. The molecule has 0 bridgehead atoms. The summed E-state index contributed by atoms with van der Waals surface area (Å²) in [6.45, 7) is 0.647. The number of aromatic nitrogens is 2. The number of halogens is 1. The van der Waals surface area contributed by atoms with Crippen molar-refractivity contribution < 1.29 is 9.18 Å². The maximum atomic E-state index is 13.7. The van der Waals surface area contributed by atoms with Crippen LogP contribution in [0.25, 0.3) is 0 Å².